The minimum absolute atomic E-state index is 0.0597. The minimum Gasteiger partial charge on any atom is -0.481 e. The van der Waals surface area contributed by atoms with Crippen molar-refractivity contribution in [2.24, 2.45) is 10.2 Å². The van der Waals surface area contributed by atoms with Crippen molar-refractivity contribution in [1.29, 1.82) is 0 Å². The number of nitro groups is 2. The maximum atomic E-state index is 10.8. The van der Waals surface area contributed by atoms with Crippen LogP contribution in [0, 0.1) is 20.2 Å². The highest BCUT2D eigenvalue weighted by molar-refractivity contribution is 6.31. The second kappa shape index (κ2) is 10.1. The zero-order valence-electron chi connectivity index (χ0n) is 14.9. The third-order valence-electron chi connectivity index (χ3n) is 3.49. The Hall–Kier alpha value is -4.35. The van der Waals surface area contributed by atoms with Crippen molar-refractivity contribution in [2.75, 3.05) is 10.9 Å². The smallest absolute Gasteiger partial charge is 0.303 e. The number of nitrogens with one attached hydrogen (secondary N) is 2. The summed E-state index contributed by atoms with van der Waals surface area (Å²) in [5.41, 5.74) is 6.49. The Bertz CT molecular complexity index is 940. The minimum atomic E-state index is -1.01. The molecule has 0 spiro atoms. The molecule has 0 aromatic heterocycles. The van der Waals surface area contributed by atoms with Gasteiger partial charge in [-0.3, -0.25) is 35.9 Å². The molecule has 0 unspecified atom stereocenters. The average Bonchev–Trinajstić information content (AvgIpc) is 2.70. The van der Waals surface area contributed by atoms with Gasteiger partial charge >= 0.3 is 5.97 Å². The molecule has 0 aliphatic heterocycles. The average molecular weight is 400 g/mol. The SMILES string of the molecule is O=C(O)CCC(/C=N\Nc1ccc([N+](=O)[O-])cc1)=N/Nc1ccc([N+](=O)[O-])cc1. The number of carboxylic acids is 1. The number of non-ortho nitro benzene ring substituents is 2. The molecule has 0 saturated heterocycles. The van der Waals surface area contributed by atoms with Crippen molar-refractivity contribution in [2.45, 2.75) is 12.8 Å². The molecule has 0 atom stereocenters. The highest BCUT2D eigenvalue weighted by Gasteiger charge is 2.06. The van der Waals surface area contributed by atoms with Gasteiger partial charge in [0.05, 0.1) is 39.6 Å². The first kappa shape index (κ1) is 21.0. The first-order valence-corrected chi connectivity index (χ1v) is 8.17. The maximum absolute atomic E-state index is 10.8. The fourth-order valence-corrected chi connectivity index (χ4v) is 2.02. The topological polar surface area (TPSA) is 172 Å². The predicted molar refractivity (Wildman–Crippen MR) is 106 cm³/mol. The molecule has 12 heteroatoms. The molecule has 29 heavy (non-hydrogen) atoms. The second-order valence-electron chi connectivity index (χ2n) is 5.59. The molecule has 2 rings (SSSR count). The van der Waals surface area contributed by atoms with Gasteiger partial charge in [-0.15, -0.1) is 0 Å². The molecule has 0 aliphatic carbocycles. The van der Waals surface area contributed by atoms with Gasteiger partial charge in [0.25, 0.3) is 11.4 Å². The van der Waals surface area contributed by atoms with Gasteiger partial charge in [0, 0.05) is 30.7 Å². The van der Waals surface area contributed by atoms with E-state index in [0.29, 0.717) is 17.1 Å². The molecular formula is C17H16N6O6. The van der Waals surface area contributed by atoms with Crippen LogP contribution in [0.2, 0.25) is 0 Å². The number of rotatable bonds is 10. The van der Waals surface area contributed by atoms with Gasteiger partial charge < -0.3 is 5.11 Å². The summed E-state index contributed by atoms with van der Waals surface area (Å²) in [4.78, 5) is 31.1. The summed E-state index contributed by atoms with van der Waals surface area (Å²) in [6, 6.07) is 11.1. The van der Waals surface area contributed by atoms with Gasteiger partial charge in [-0.05, 0) is 24.3 Å². The number of anilines is 2. The highest BCUT2D eigenvalue weighted by Crippen LogP contribution is 2.16. The van der Waals surface area contributed by atoms with Gasteiger partial charge in [-0.2, -0.15) is 10.2 Å². The quantitative estimate of drug-likeness (QED) is 0.310. The normalized spacial score (nSPS) is 11.2. The summed E-state index contributed by atoms with van der Waals surface area (Å²) in [6.45, 7) is 0. The zero-order chi connectivity index (χ0) is 21.2. The summed E-state index contributed by atoms with van der Waals surface area (Å²) in [7, 11) is 0. The summed E-state index contributed by atoms with van der Waals surface area (Å²) in [5.74, 6) is -1.01. The molecular weight excluding hydrogens is 384 g/mol. The molecule has 150 valence electrons. The van der Waals surface area contributed by atoms with Gasteiger partial charge in [-0.25, -0.2) is 0 Å². The van der Waals surface area contributed by atoms with Crippen LogP contribution in [0.15, 0.2) is 58.7 Å². The number of hydrazone groups is 2. The number of hydrogen-bond acceptors (Lipinski definition) is 9. The lowest BCUT2D eigenvalue weighted by molar-refractivity contribution is -0.385. The molecule has 2 aromatic rings. The van der Waals surface area contributed by atoms with E-state index in [-0.39, 0.29) is 24.2 Å². The van der Waals surface area contributed by atoms with Crippen LogP contribution in [0.1, 0.15) is 12.8 Å². The van der Waals surface area contributed by atoms with Crippen LogP contribution in [0.3, 0.4) is 0 Å². The van der Waals surface area contributed by atoms with E-state index in [1.54, 1.807) is 0 Å². The van der Waals surface area contributed by atoms with Crippen LogP contribution in [-0.4, -0.2) is 32.8 Å². The number of carboxylic acid groups (broad SMARTS) is 1. The Labute approximate surface area is 163 Å². The molecule has 0 fully saturated rings. The number of nitrogens with zero attached hydrogens (tertiary/aromatic N) is 4. The third kappa shape index (κ3) is 7.05. The van der Waals surface area contributed by atoms with Crippen LogP contribution in [-0.2, 0) is 4.79 Å². The van der Waals surface area contributed by atoms with Gasteiger partial charge in [0.2, 0.25) is 0 Å². The number of hydrogen-bond donors (Lipinski definition) is 3. The van der Waals surface area contributed by atoms with Crippen molar-refractivity contribution in [1.82, 2.24) is 0 Å². The van der Waals surface area contributed by atoms with Crippen LogP contribution in [0.4, 0.5) is 22.7 Å². The fraction of sp³-hybridized carbons (Fsp3) is 0.118. The lowest BCUT2D eigenvalue weighted by atomic mass is 10.2. The standard InChI is InChI=1S/C17H16N6O6/c24-17(25)10-5-14(21-20-13-3-8-16(9-4-13)23(28)29)11-18-19-12-1-6-15(7-2-12)22(26)27/h1-4,6-9,11,19-20H,5,10H2,(H,24,25)/b18-11-,21-14-. The van der Waals surface area contributed by atoms with E-state index in [2.05, 4.69) is 21.1 Å². The number of aliphatic carboxylic acids is 1. The van der Waals surface area contributed by atoms with Crippen molar-refractivity contribution >= 4 is 40.6 Å². The molecule has 0 radical (unpaired) electrons. The Balaban J connectivity index is 2.04. The molecule has 0 aliphatic rings. The van der Waals surface area contributed by atoms with Crippen molar-refractivity contribution < 1.29 is 19.7 Å². The van der Waals surface area contributed by atoms with Crippen molar-refractivity contribution in [3.8, 4) is 0 Å². The molecule has 0 heterocycles. The van der Waals surface area contributed by atoms with Crippen LogP contribution in [0.25, 0.3) is 0 Å². The van der Waals surface area contributed by atoms with E-state index in [1.165, 1.54) is 54.7 Å². The summed E-state index contributed by atoms with van der Waals surface area (Å²) >= 11 is 0. The summed E-state index contributed by atoms with van der Waals surface area (Å²) in [6.07, 6.45) is 1.22. The van der Waals surface area contributed by atoms with Crippen LogP contribution < -0.4 is 10.9 Å². The van der Waals surface area contributed by atoms with Crippen LogP contribution in [0.5, 0.6) is 0 Å². The van der Waals surface area contributed by atoms with E-state index >= 15 is 0 Å². The lowest BCUT2D eigenvalue weighted by Gasteiger charge is -2.04. The van der Waals surface area contributed by atoms with Gasteiger partial charge in [0.1, 0.15) is 0 Å². The Kier molecular flexibility index (Phi) is 7.30. The van der Waals surface area contributed by atoms with Gasteiger partial charge in [-0.1, -0.05) is 0 Å². The molecule has 0 bridgehead atoms. The van der Waals surface area contributed by atoms with E-state index in [4.69, 9.17) is 5.11 Å². The largest absolute Gasteiger partial charge is 0.481 e. The molecule has 3 N–H and O–H groups in total. The Morgan fingerprint density at radius 3 is 1.83 bits per heavy atom. The zero-order valence-corrected chi connectivity index (χ0v) is 14.9. The first-order chi connectivity index (χ1) is 13.8. The molecule has 0 amide bonds. The van der Waals surface area contributed by atoms with E-state index in [0.717, 1.165) is 0 Å². The number of benzene rings is 2. The van der Waals surface area contributed by atoms with Crippen LogP contribution >= 0.6 is 0 Å². The molecule has 0 saturated carbocycles. The lowest BCUT2D eigenvalue weighted by Crippen LogP contribution is -2.08. The molecule has 2 aromatic carbocycles. The fourth-order valence-electron chi connectivity index (χ4n) is 2.02. The van der Waals surface area contributed by atoms with Crippen molar-refractivity contribution in [3.63, 3.8) is 0 Å². The summed E-state index contributed by atoms with van der Waals surface area (Å²) < 4.78 is 0. The Morgan fingerprint density at radius 1 is 0.897 bits per heavy atom. The van der Waals surface area contributed by atoms with E-state index in [9.17, 15) is 25.0 Å². The highest BCUT2D eigenvalue weighted by atomic mass is 16.6. The monoisotopic (exact) mass is 400 g/mol. The first-order valence-electron chi connectivity index (χ1n) is 8.17. The van der Waals surface area contributed by atoms with Crippen molar-refractivity contribution in [3.05, 3.63) is 68.8 Å². The molecule has 12 nitrogen and oxygen atoms in total. The van der Waals surface area contributed by atoms with E-state index in [1.807, 2.05) is 0 Å². The number of carbonyl (C=O) groups is 1. The third-order valence-corrected chi connectivity index (χ3v) is 3.49. The van der Waals surface area contributed by atoms with E-state index < -0.39 is 15.8 Å². The summed E-state index contributed by atoms with van der Waals surface area (Å²) in [5, 5.41) is 38.2. The maximum Gasteiger partial charge on any atom is 0.303 e. The van der Waals surface area contributed by atoms with Gasteiger partial charge in [0.15, 0.2) is 0 Å². The number of nitro benzene ring substituents is 2. The predicted octanol–water partition coefficient (Wildman–Crippen LogP) is 3.23. The second-order valence-corrected chi connectivity index (χ2v) is 5.59. The Morgan fingerprint density at radius 2 is 1.38 bits per heavy atom.